The second-order valence-corrected chi connectivity index (χ2v) is 14.8. The third-order valence-corrected chi connectivity index (χ3v) is 10.1. The highest BCUT2D eigenvalue weighted by molar-refractivity contribution is 5.58. The van der Waals surface area contributed by atoms with Crippen LogP contribution in [0.1, 0.15) is 61.1 Å². The van der Waals surface area contributed by atoms with Gasteiger partial charge in [-0.25, -0.2) is 4.39 Å². The Labute approximate surface area is 318 Å². The van der Waals surface area contributed by atoms with E-state index in [1.165, 1.54) is 6.07 Å². The third-order valence-electron chi connectivity index (χ3n) is 10.1. The summed E-state index contributed by atoms with van der Waals surface area (Å²) in [5.41, 5.74) is 4.84. The van der Waals surface area contributed by atoms with E-state index in [1.54, 1.807) is 33.3 Å². The van der Waals surface area contributed by atoms with Crippen LogP contribution in [0.2, 0.25) is 0 Å². The minimum Gasteiger partial charge on any atom is -0.497 e. The van der Waals surface area contributed by atoms with Gasteiger partial charge in [0.15, 0.2) is 0 Å². The molecule has 7 heteroatoms. The van der Waals surface area contributed by atoms with Crippen molar-refractivity contribution in [2.75, 3.05) is 55.5 Å². The molecule has 0 amide bonds. The molecule has 4 rings (SSSR count). The summed E-state index contributed by atoms with van der Waals surface area (Å²) in [6, 6.07) is 28.5. The van der Waals surface area contributed by atoms with E-state index in [9.17, 15) is 14.6 Å². The Bertz CT molecular complexity index is 1820. The summed E-state index contributed by atoms with van der Waals surface area (Å²) in [6.45, 7) is 13.3. The molecule has 4 aromatic rings. The number of ether oxygens (including phenoxy) is 2. The molecule has 53 heavy (non-hydrogen) atoms. The molecule has 286 valence electrons. The van der Waals surface area contributed by atoms with Gasteiger partial charge in [0.25, 0.3) is 0 Å². The molecule has 4 atom stereocenters. The summed E-state index contributed by atoms with van der Waals surface area (Å²) in [7, 11) is 11.3. The van der Waals surface area contributed by atoms with Crippen molar-refractivity contribution in [3.63, 3.8) is 0 Å². The van der Waals surface area contributed by atoms with Crippen LogP contribution in [-0.4, -0.2) is 75.5 Å². The molecular formula is C46H61FN2O4. The fraction of sp³-hybridized carbons (Fsp3) is 0.391. The van der Waals surface area contributed by atoms with Gasteiger partial charge < -0.3 is 29.5 Å². The summed E-state index contributed by atoms with van der Waals surface area (Å²) in [5, 5.41) is 23.7. The molecule has 0 aliphatic heterocycles. The van der Waals surface area contributed by atoms with Crippen molar-refractivity contribution in [3.05, 3.63) is 141 Å². The Balaban J connectivity index is 0.000000286. The van der Waals surface area contributed by atoms with E-state index in [4.69, 9.17) is 9.47 Å². The summed E-state index contributed by atoms with van der Waals surface area (Å²) in [5.74, 6) is 1.29. The van der Waals surface area contributed by atoms with Gasteiger partial charge in [-0.15, -0.1) is 0 Å². The molecule has 0 spiro atoms. The first-order valence-electron chi connectivity index (χ1n) is 18.2. The number of nitrogens with zero attached hydrogens (tertiary/aromatic N) is 2. The van der Waals surface area contributed by atoms with Gasteiger partial charge in [-0.2, -0.15) is 0 Å². The number of methoxy groups -OCH3 is 2. The molecule has 0 aliphatic rings. The molecule has 0 radical (unpaired) electrons. The molecule has 0 saturated carbocycles. The molecular weight excluding hydrogens is 664 g/mol. The van der Waals surface area contributed by atoms with Gasteiger partial charge in [0.05, 0.1) is 14.2 Å². The normalized spacial score (nSPS) is 15.6. The van der Waals surface area contributed by atoms with Crippen LogP contribution in [0.25, 0.3) is 12.2 Å². The minimum atomic E-state index is -1.21. The quantitative estimate of drug-likeness (QED) is 0.135. The van der Waals surface area contributed by atoms with Crippen LogP contribution in [-0.2, 0) is 11.2 Å². The van der Waals surface area contributed by atoms with E-state index in [2.05, 4.69) is 30.9 Å². The van der Waals surface area contributed by atoms with Crippen molar-refractivity contribution >= 4 is 12.2 Å². The number of halogens is 1. The first-order valence-corrected chi connectivity index (χ1v) is 18.2. The van der Waals surface area contributed by atoms with E-state index in [0.29, 0.717) is 17.7 Å². The van der Waals surface area contributed by atoms with Crippen LogP contribution in [0.3, 0.4) is 0 Å². The summed E-state index contributed by atoms with van der Waals surface area (Å²) in [6.07, 6.45) is 4.04. The Morgan fingerprint density at radius 1 is 0.660 bits per heavy atom. The lowest BCUT2D eigenvalue weighted by Crippen LogP contribution is -2.40. The van der Waals surface area contributed by atoms with Crippen LogP contribution in [0.15, 0.2) is 102 Å². The van der Waals surface area contributed by atoms with E-state index in [1.807, 2.05) is 127 Å². The van der Waals surface area contributed by atoms with Crippen molar-refractivity contribution < 1.29 is 24.1 Å². The second kappa shape index (κ2) is 19.2. The molecule has 6 nitrogen and oxygen atoms in total. The molecule has 0 aliphatic carbocycles. The highest BCUT2D eigenvalue weighted by atomic mass is 19.1. The van der Waals surface area contributed by atoms with Gasteiger partial charge in [0.1, 0.15) is 28.5 Å². The summed E-state index contributed by atoms with van der Waals surface area (Å²) < 4.78 is 24.2. The van der Waals surface area contributed by atoms with Crippen molar-refractivity contribution in [2.24, 2.45) is 11.8 Å². The first-order chi connectivity index (χ1) is 25.0. The van der Waals surface area contributed by atoms with Crippen molar-refractivity contribution in [1.29, 1.82) is 0 Å². The largest absolute Gasteiger partial charge is 0.497 e. The average molecular weight is 725 g/mol. The molecule has 4 unspecified atom stereocenters. The van der Waals surface area contributed by atoms with Gasteiger partial charge in [-0.05, 0) is 137 Å². The fourth-order valence-corrected chi connectivity index (χ4v) is 7.13. The number of rotatable bonds is 14. The zero-order valence-corrected chi connectivity index (χ0v) is 33.9. The van der Waals surface area contributed by atoms with Crippen LogP contribution in [0, 0.1) is 31.5 Å². The number of benzene rings is 4. The van der Waals surface area contributed by atoms with Crippen molar-refractivity contribution in [2.45, 2.75) is 52.7 Å². The zero-order chi connectivity index (χ0) is 39.5. The molecule has 2 N–H and O–H groups in total. The zero-order valence-electron chi connectivity index (χ0n) is 33.9. The molecule has 0 aromatic heterocycles. The Morgan fingerprint density at radius 2 is 1.09 bits per heavy atom. The van der Waals surface area contributed by atoms with Crippen LogP contribution >= 0.6 is 0 Å². The molecule has 4 aromatic carbocycles. The lowest BCUT2D eigenvalue weighted by molar-refractivity contribution is 0.00993. The van der Waals surface area contributed by atoms with E-state index in [-0.39, 0.29) is 17.7 Å². The highest BCUT2D eigenvalue weighted by Gasteiger charge is 2.39. The third kappa shape index (κ3) is 10.9. The SMILES string of the molecule is COc1ccc(C=C(C)C(O)(c2ccc(F)c(C)c2)C(C)CN(C)C)cc1.COc1ccc(C=C(C)C(O)(c2ccccc2C)C(C)CN(C)C)cc1. The van der Waals surface area contributed by atoms with Crippen LogP contribution in [0.4, 0.5) is 4.39 Å². The second-order valence-electron chi connectivity index (χ2n) is 14.8. The maximum absolute atomic E-state index is 13.8. The van der Waals surface area contributed by atoms with Gasteiger partial charge in [0, 0.05) is 24.9 Å². The predicted molar refractivity (Wildman–Crippen MR) is 219 cm³/mol. The first kappa shape index (κ1) is 43.1. The summed E-state index contributed by atoms with van der Waals surface area (Å²) >= 11 is 0. The Morgan fingerprint density at radius 3 is 1.51 bits per heavy atom. The smallest absolute Gasteiger partial charge is 0.126 e. The number of hydrogen-bond donors (Lipinski definition) is 2. The average Bonchev–Trinajstić information content (AvgIpc) is 3.12. The Kier molecular flexibility index (Phi) is 15.6. The number of aryl methyl sites for hydroxylation is 2. The molecule has 0 fully saturated rings. The maximum atomic E-state index is 13.8. The number of aliphatic hydroxyl groups is 2. The monoisotopic (exact) mass is 724 g/mol. The lowest BCUT2D eigenvalue weighted by atomic mass is 9.74. The fourth-order valence-electron chi connectivity index (χ4n) is 7.13. The Hall–Kier alpha value is -4.27. The minimum absolute atomic E-state index is 0.0353. The van der Waals surface area contributed by atoms with Gasteiger partial charge in [0.2, 0.25) is 0 Å². The molecule has 0 heterocycles. The van der Waals surface area contributed by atoms with E-state index in [0.717, 1.165) is 51.4 Å². The van der Waals surface area contributed by atoms with Crippen LogP contribution < -0.4 is 9.47 Å². The maximum Gasteiger partial charge on any atom is 0.126 e. The van der Waals surface area contributed by atoms with Gasteiger partial charge in [-0.3, -0.25) is 0 Å². The van der Waals surface area contributed by atoms with Crippen LogP contribution in [0.5, 0.6) is 11.5 Å². The lowest BCUT2D eigenvalue weighted by Gasteiger charge is -2.38. The molecule has 0 saturated heterocycles. The van der Waals surface area contributed by atoms with Crippen molar-refractivity contribution in [1.82, 2.24) is 9.80 Å². The topological polar surface area (TPSA) is 65.4 Å². The van der Waals surface area contributed by atoms with Crippen molar-refractivity contribution in [3.8, 4) is 11.5 Å². The summed E-state index contributed by atoms with van der Waals surface area (Å²) in [4.78, 5) is 4.17. The highest BCUT2D eigenvalue weighted by Crippen LogP contribution is 2.40. The van der Waals surface area contributed by atoms with Gasteiger partial charge in [-0.1, -0.05) is 80.6 Å². The van der Waals surface area contributed by atoms with Gasteiger partial charge >= 0.3 is 0 Å². The predicted octanol–water partition coefficient (Wildman–Crippen LogP) is 9.12. The number of hydrogen-bond acceptors (Lipinski definition) is 6. The molecule has 0 bridgehead atoms. The standard InChI is InChI=1S/C23H30FNO2.C23H31NO2/c1-16-13-20(9-12-22(16)24)23(26,18(3)15-25(4)5)17(2)14-19-7-10-21(27-6)11-8-19;1-17-9-7-8-10-22(17)23(25,19(3)16-24(4)5)18(2)15-20-11-13-21(26-6)14-12-20/h7-14,18,26H,15H2,1-6H3;7-15,19,25H,16H2,1-6H3. The van der Waals surface area contributed by atoms with E-state index >= 15 is 0 Å². The van der Waals surface area contributed by atoms with E-state index < -0.39 is 11.2 Å².